The fourth-order valence-corrected chi connectivity index (χ4v) is 4.00. The summed E-state index contributed by atoms with van der Waals surface area (Å²) in [5.74, 6) is -0.129. The first-order valence-electron chi connectivity index (χ1n) is 11.7. The number of hydrogen-bond acceptors (Lipinski definition) is 5. The molecule has 0 saturated carbocycles. The number of halogens is 1. The highest BCUT2D eigenvalue weighted by Crippen LogP contribution is 2.27. The Morgan fingerprint density at radius 3 is 2.38 bits per heavy atom. The van der Waals surface area contributed by atoms with E-state index in [0.29, 0.717) is 22.6 Å². The zero-order chi connectivity index (χ0) is 26.4. The van der Waals surface area contributed by atoms with Crippen LogP contribution >= 0.6 is 0 Å². The summed E-state index contributed by atoms with van der Waals surface area (Å²) < 4.78 is 24.3. The van der Waals surface area contributed by atoms with Gasteiger partial charge in [0.15, 0.2) is 5.76 Å². The minimum Gasteiger partial charge on any atom is -0.497 e. The molecule has 7 nitrogen and oxygen atoms in total. The van der Waals surface area contributed by atoms with Gasteiger partial charge in [-0.3, -0.25) is 9.59 Å². The number of ether oxygens (including phenoxy) is 1. The van der Waals surface area contributed by atoms with Crippen LogP contribution in [0, 0.1) is 5.82 Å². The molecule has 8 heteroatoms. The highest BCUT2D eigenvalue weighted by atomic mass is 19.1. The lowest BCUT2D eigenvalue weighted by atomic mass is 10.1. The minimum absolute atomic E-state index is 0.193. The molecule has 4 aromatic rings. The molecule has 4 rings (SSSR count). The maximum atomic E-state index is 13.9. The molecule has 0 aliphatic heterocycles. The Morgan fingerprint density at radius 1 is 0.946 bits per heavy atom. The standard InChI is InChI=1S/C29H28FN3O4/c1-32(2)26-14-11-24(31-28(34)27-8-5-15-37-27)17-22(26)19-33(18-20-6-4-7-23(30)16-20)29(35)21-9-12-25(36-3)13-10-21/h4-17H,18-19H2,1-3H3,(H,31,34). The number of hydrogen-bond donors (Lipinski definition) is 1. The maximum absolute atomic E-state index is 13.9. The van der Waals surface area contributed by atoms with Crippen molar-refractivity contribution in [2.45, 2.75) is 13.1 Å². The molecule has 37 heavy (non-hydrogen) atoms. The molecule has 190 valence electrons. The number of benzene rings is 3. The Bertz CT molecular complexity index is 1370. The second kappa shape index (κ2) is 11.4. The average molecular weight is 502 g/mol. The molecular formula is C29H28FN3O4. The normalized spacial score (nSPS) is 10.6. The van der Waals surface area contributed by atoms with Gasteiger partial charge in [0.2, 0.25) is 0 Å². The van der Waals surface area contributed by atoms with Gasteiger partial charge in [0.05, 0.1) is 13.4 Å². The Labute approximate surface area is 215 Å². The first-order chi connectivity index (χ1) is 17.8. The predicted molar refractivity (Wildman–Crippen MR) is 140 cm³/mol. The van der Waals surface area contributed by atoms with Gasteiger partial charge >= 0.3 is 0 Å². The molecule has 1 aromatic heterocycles. The molecule has 0 aliphatic rings. The van der Waals surface area contributed by atoms with Gasteiger partial charge in [-0.1, -0.05) is 12.1 Å². The van der Waals surface area contributed by atoms with Crippen molar-refractivity contribution in [1.29, 1.82) is 0 Å². The van der Waals surface area contributed by atoms with Gasteiger partial charge in [0.25, 0.3) is 11.8 Å². The molecular weight excluding hydrogens is 473 g/mol. The number of nitrogens with zero attached hydrogens (tertiary/aromatic N) is 2. The number of anilines is 2. The Kier molecular flexibility index (Phi) is 7.88. The van der Waals surface area contributed by atoms with Gasteiger partial charge in [-0.15, -0.1) is 0 Å². The van der Waals surface area contributed by atoms with E-state index in [-0.39, 0.29) is 36.5 Å². The lowest BCUT2D eigenvalue weighted by Gasteiger charge is -2.27. The monoisotopic (exact) mass is 501 g/mol. The van der Waals surface area contributed by atoms with Crippen LogP contribution in [-0.2, 0) is 13.1 Å². The van der Waals surface area contributed by atoms with E-state index in [1.54, 1.807) is 66.6 Å². The summed E-state index contributed by atoms with van der Waals surface area (Å²) in [5, 5.41) is 2.84. The molecule has 1 N–H and O–H groups in total. The van der Waals surface area contributed by atoms with Gasteiger partial charge in [-0.05, 0) is 77.9 Å². The van der Waals surface area contributed by atoms with Crippen LogP contribution in [0.1, 0.15) is 32.0 Å². The van der Waals surface area contributed by atoms with Crippen LogP contribution < -0.4 is 15.0 Å². The number of furan rings is 1. The van der Waals surface area contributed by atoms with Gasteiger partial charge in [-0.2, -0.15) is 0 Å². The van der Waals surface area contributed by atoms with Crippen molar-refractivity contribution >= 4 is 23.2 Å². The Hall–Kier alpha value is -4.59. The molecule has 0 bridgehead atoms. The Morgan fingerprint density at radius 2 is 1.73 bits per heavy atom. The van der Waals surface area contributed by atoms with Gasteiger partial charge in [-0.25, -0.2) is 4.39 Å². The van der Waals surface area contributed by atoms with E-state index in [4.69, 9.17) is 9.15 Å². The highest BCUT2D eigenvalue weighted by molar-refractivity contribution is 6.02. The lowest BCUT2D eigenvalue weighted by Crippen LogP contribution is -2.31. The molecule has 0 saturated heterocycles. The fourth-order valence-electron chi connectivity index (χ4n) is 4.00. The van der Waals surface area contributed by atoms with E-state index < -0.39 is 0 Å². The Balaban J connectivity index is 1.67. The minimum atomic E-state index is -0.375. The van der Waals surface area contributed by atoms with Crippen molar-refractivity contribution in [1.82, 2.24) is 4.90 Å². The van der Waals surface area contributed by atoms with Gasteiger partial charge in [0, 0.05) is 44.1 Å². The first kappa shape index (κ1) is 25.5. The number of rotatable bonds is 9. The van der Waals surface area contributed by atoms with Crippen molar-refractivity contribution < 1.29 is 23.1 Å². The quantitative estimate of drug-likeness (QED) is 0.324. The molecule has 0 unspecified atom stereocenters. The van der Waals surface area contributed by atoms with E-state index >= 15 is 0 Å². The summed E-state index contributed by atoms with van der Waals surface area (Å²) in [7, 11) is 5.37. The zero-order valence-corrected chi connectivity index (χ0v) is 20.9. The molecule has 0 aliphatic carbocycles. The zero-order valence-electron chi connectivity index (χ0n) is 20.9. The lowest BCUT2D eigenvalue weighted by molar-refractivity contribution is 0.0730. The smallest absolute Gasteiger partial charge is 0.291 e. The van der Waals surface area contributed by atoms with Crippen LogP contribution in [0.4, 0.5) is 15.8 Å². The van der Waals surface area contributed by atoms with Crippen LogP contribution in [-0.4, -0.2) is 37.9 Å². The van der Waals surface area contributed by atoms with E-state index in [0.717, 1.165) is 11.3 Å². The van der Waals surface area contributed by atoms with E-state index in [2.05, 4.69) is 5.32 Å². The third-order valence-electron chi connectivity index (χ3n) is 5.81. The molecule has 0 radical (unpaired) electrons. The molecule has 0 fully saturated rings. The molecule has 1 heterocycles. The molecule has 0 spiro atoms. The van der Waals surface area contributed by atoms with E-state index in [9.17, 15) is 14.0 Å². The van der Waals surface area contributed by atoms with Gasteiger partial charge < -0.3 is 24.3 Å². The summed E-state index contributed by atoms with van der Waals surface area (Å²) in [6.45, 7) is 0.415. The molecule has 2 amide bonds. The van der Waals surface area contributed by atoms with Crippen molar-refractivity contribution in [3.63, 3.8) is 0 Å². The number of nitrogens with one attached hydrogen (secondary N) is 1. The van der Waals surface area contributed by atoms with Crippen molar-refractivity contribution in [3.8, 4) is 5.75 Å². The topological polar surface area (TPSA) is 75.0 Å². The predicted octanol–water partition coefficient (Wildman–Crippen LogP) is 5.59. The van der Waals surface area contributed by atoms with Crippen LogP contribution in [0.5, 0.6) is 5.75 Å². The van der Waals surface area contributed by atoms with Crippen molar-refractivity contribution in [2.75, 3.05) is 31.4 Å². The van der Waals surface area contributed by atoms with Crippen LogP contribution in [0.3, 0.4) is 0 Å². The van der Waals surface area contributed by atoms with Crippen LogP contribution in [0.15, 0.2) is 89.5 Å². The highest BCUT2D eigenvalue weighted by Gasteiger charge is 2.20. The number of carbonyl (C=O) groups is 2. The van der Waals surface area contributed by atoms with Gasteiger partial charge in [0.1, 0.15) is 11.6 Å². The summed E-state index contributed by atoms with van der Waals surface area (Å²) in [5.41, 5.74) is 3.38. The van der Waals surface area contributed by atoms with Crippen molar-refractivity contribution in [3.05, 3.63) is 113 Å². The third kappa shape index (κ3) is 6.35. The second-order valence-electron chi connectivity index (χ2n) is 8.69. The van der Waals surface area contributed by atoms with Crippen molar-refractivity contribution in [2.24, 2.45) is 0 Å². The summed E-state index contributed by atoms with van der Waals surface area (Å²) >= 11 is 0. The number of carbonyl (C=O) groups excluding carboxylic acids is 2. The summed E-state index contributed by atoms with van der Waals surface area (Å²) in [6, 6.07) is 21.8. The van der Waals surface area contributed by atoms with Crippen LogP contribution in [0.2, 0.25) is 0 Å². The first-order valence-corrected chi connectivity index (χ1v) is 11.7. The fraction of sp³-hybridized carbons (Fsp3) is 0.172. The number of amides is 2. The average Bonchev–Trinajstić information content (AvgIpc) is 3.43. The molecule has 3 aromatic carbocycles. The second-order valence-corrected chi connectivity index (χ2v) is 8.69. The van der Waals surface area contributed by atoms with Crippen LogP contribution in [0.25, 0.3) is 0 Å². The SMILES string of the molecule is COc1ccc(C(=O)N(Cc2cccc(F)c2)Cc2cc(NC(=O)c3ccco3)ccc2N(C)C)cc1. The van der Waals surface area contributed by atoms with E-state index in [1.165, 1.54) is 18.4 Å². The summed E-state index contributed by atoms with van der Waals surface area (Å²) in [6.07, 6.45) is 1.44. The third-order valence-corrected chi connectivity index (χ3v) is 5.81. The van der Waals surface area contributed by atoms with E-state index in [1.807, 2.05) is 31.1 Å². The number of methoxy groups -OCH3 is 1. The largest absolute Gasteiger partial charge is 0.497 e. The maximum Gasteiger partial charge on any atom is 0.291 e. The summed E-state index contributed by atoms with van der Waals surface area (Å²) in [4.78, 5) is 29.7. The molecule has 0 atom stereocenters.